The van der Waals surface area contributed by atoms with Crippen molar-refractivity contribution in [2.24, 2.45) is 0 Å². The van der Waals surface area contributed by atoms with Gasteiger partial charge in [-0.3, -0.25) is 4.79 Å². The van der Waals surface area contributed by atoms with Gasteiger partial charge >= 0.3 is 5.97 Å². The van der Waals surface area contributed by atoms with E-state index in [9.17, 15) is 23.1 Å². The smallest absolute Gasteiger partial charge is 0.329 e. The molecule has 1 fully saturated rings. The summed E-state index contributed by atoms with van der Waals surface area (Å²) in [4.78, 5) is 24.1. The van der Waals surface area contributed by atoms with Gasteiger partial charge in [-0.2, -0.15) is 0 Å². The number of amides is 1. The van der Waals surface area contributed by atoms with Gasteiger partial charge in [-0.15, -0.1) is 0 Å². The van der Waals surface area contributed by atoms with Crippen LogP contribution in [0.2, 0.25) is 0 Å². The molecule has 1 aliphatic rings. The Balaban J connectivity index is 1.79. The average Bonchev–Trinajstić information content (AvgIpc) is 2.85. The Hall–Kier alpha value is -2.09. The van der Waals surface area contributed by atoms with E-state index in [0.717, 1.165) is 31.9 Å². The molecule has 150 valence electrons. The Labute approximate surface area is 160 Å². The van der Waals surface area contributed by atoms with Gasteiger partial charge in [-0.05, 0) is 43.5 Å². The molecular weight excluding hydrogens is 370 g/mol. The van der Waals surface area contributed by atoms with Crippen molar-refractivity contribution in [3.63, 3.8) is 0 Å². The quantitative estimate of drug-likeness (QED) is 0.515. The van der Waals surface area contributed by atoms with Crippen molar-refractivity contribution < 1.29 is 27.9 Å². The van der Waals surface area contributed by atoms with Gasteiger partial charge in [0.1, 0.15) is 11.3 Å². The number of carboxylic acids is 1. The van der Waals surface area contributed by atoms with Crippen LogP contribution in [0.5, 0.6) is 5.75 Å². The third-order valence-corrected chi connectivity index (χ3v) is 5.94. The van der Waals surface area contributed by atoms with Crippen molar-refractivity contribution in [1.29, 1.82) is 0 Å². The Morgan fingerprint density at radius 3 is 2.22 bits per heavy atom. The number of sulfone groups is 1. The summed E-state index contributed by atoms with van der Waals surface area (Å²) < 4.78 is 28.3. The lowest BCUT2D eigenvalue weighted by molar-refractivity contribution is -0.148. The number of benzene rings is 1. The molecule has 0 saturated heterocycles. The first kappa shape index (κ1) is 21.2. The zero-order valence-corrected chi connectivity index (χ0v) is 16.4. The molecule has 8 heteroatoms. The summed E-state index contributed by atoms with van der Waals surface area (Å²) in [6.45, 7) is 0.283. The van der Waals surface area contributed by atoms with Crippen LogP contribution >= 0.6 is 0 Å². The summed E-state index contributed by atoms with van der Waals surface area (Å²) in [5, 5.41) is 12.3. The molecule has 0 unspecified atom stereocenters. The maximum atomic E-state index is 12.2. The highest BCUT2D eigenvalue weighted by Gasteiger charge is 2.39. The predicted octanol–water partition coefficient (Wildman–Crippen LogP) is 2.54. The largest absolute Gasteiger partial charge is 0.494 e. The van der Waals surface area contributed by atoms with Crippen LogP contribution in [0, 0.1) is 0 Å². The first-order valence-electron chi connectivity index (χ1n) is 9.20. The molecule has 2 rings (SSSR count). The normalized spacial score (nSPS) is 16.9. The molecule has 7 nitrogen and oxygen atoms in total. The molecule has 1 aromatic rings. The maximum absolute atomic E-state index is 12.2. The number of hydrogen-bond donors (Lipinski definition) is 2. The summed E-state index contributed by atoms with van der Waals surface area (Å²) in [6.07, 6.45) is 6.30. The zero-order valence-electron chi connectivity index (χ0n) is 15.6. The van der Waals surface area contributed by atoms with Gasteiger partial charge in [0, 0.05) is 12.7 Å². The third kappa shape index (κ3) is 6.23. The summed E-state index contributed by atoms with van der Waals surface area (Å²) in [5.74, 6) is -0.719. The standard InChI is InChI=1S/C19H27NO6S/c1-27(24,25)16-10-8-15(9-11-16)26-14-6-7-17(21)20-19(18(22)23)12-4-2-3-5-13-19/h8-11H,2-7,12-14H2,1H3,(H,20,21)(H,22,23). The second kappa shape index (κ2) is 9.21. The second-order valence-corrected chi connectivity index (χ2v) is 9.06. The van der Waals surface area contributed by atoms with Crippen LogP contribution in [0.1, 0.15) is 51.4 Å². The Bertz CT molecular complexity index is 749. The van der Waals surface area contributed by atoms with Crippen molar-refractivity contribution in [1.82, 2.24) is 5.32 Å². The number of hydrogen-bond acceptors (Lipinski definition) is 5. The van der Waals surface area contributed by atoms with E-state index in [1.165, 1.54) is 12.1 Å². The SMILES string of the molecule is CS(=O)(=O)c1ccc(OCCCC(=O)NC2(C(=O)O)CCCCCC2)cc1. The Morgan fingerprint density at radius 2 is 1.70 bits per heavy atom. The monoisotopic (exact) mass is 397 g/mol. The lowest BCUT2D eigenvalue weighted by Gasteiger charge is -2.29. The molecule has 0 spiro atoms. The van der Waals surface area contributed by atoms with Crippen LogP contribution in [-0.2, 0) is 19.4 Å². The van der Waals surface area contributed by atoms with E-state index in [1.807, 2.05) is 0 Å². The molecule has 0 heterocycles. The van der Waals surface area contributed by atoms with Crippen LogP contribution in [0.4, 0.5) is 0 Å². The fraction of sp³-hybridized carbons (Fsp3) is 0.579. The minimum absolute atomic E-state index is 0.177. The fourth-order valence-corrected chi connectivity index (χ4v) is 3.89. The fourth-order valence-electron chi connectivity index (χ4n) is 3.26. The molecule has 0 aromatic heterocycles. The number of carbonyl (C=O) groups excluding carboxylic acids is 1. The summed E-state index contributed by atoms with van der Waals surface area (Å²) >= 11 is 0. The maximum Gasteiger partial charge on any atom is 0.329 e. The molecule has 27 heavy (non-hydrogen) atoms. The highest BCUT2D eigenvalue weighted by Crippen LogP contribution is 2.27. The number of carboxylic acid groups (broad SMARTS) is 1. The molecule has 0 bridgehead atoms. The first-order valence-corrected chi connectivity index (χ1v) is 11.1. The Kier molecular flexibility index (Phi) is 7.24. The highest BCUT2D eigenvalue weighted by molar-refractivity contribution is 7.90. The number of carbonyl (C=O) groups is 2. The molecule has 1 saturated carbocycles. The molecule has 2 N–H and O–H groups in total. The van der Waals surface area contributed by atoms with Crippen molar-refractivity contribution in [3.05, 3.63) is 24.3 Å². The minimum atomic E-state index is -3.24. The van der Waals surface area contributed by atoms with Crippen LogP contribution < -0.4 is 10.1 Å². The number of ether oxygens (including phenoxy) is 1. The lowest BCUT2D eigenvalue weighted by atomic mass is 9.90. The van der Waals surface area contributed by atoms with Crippen LogP contribution in [0.3, 0.4) is 0 Å². The van der Waals surface area contributed by atoms with Crippen molar-refractivity contribution in [2.45, 2.75) is 61.8 Å². The van der Waals surface area contributed by atoms with E-state index in [2.05, 4.69) is 5.32 Å². The van der Waals surface area contributed by atoms with Gasteiger partial charge in [0.05, 0.1) is 11.5 Å². The van der Waals surface area contributed by atoms with Gasteiger partial charge in [0.2, 0.25) is 5.91 Å². The van der Waals surface area contributed by atoms with Crippen LogP contribution in [0.15, 0.2) is 29.2 Å². The molecule has 1 amide bonds. The summed E-state index contributed by atoms with van der Waals surface area (Å²) in [6, 6.07) is 6.09. The number of aliphatic carboxylic acids is 1. The van der Waals surface area contributed by atoms with Crippen LogP contribution in [0.25, 0.3) is 0 Å². The molecular formula is C19H27NO6S. The summed E-state index contributed by atoms with van der Waals surface area (Å²) in [5.41, 5.74) is -1.14. The van der Waals surface area contributed by atoms with Crippen molar-refractivity contribution >= 4 is 21.7 Å². The minimum Gasteiger partial charge on any atom is -0.494 e. The van der Waals surface area contributed by atoms with E-state index in [0.29, 0.717) is 25.0 Å². The number of nitrogens with one attached hydrogen (secondary N) is 1. The van der Waals surface area contributed by atoms with Gasteiger partial charge in [0.25, 0.3) is 0 Å². The zero-order chi connectivity index (χ0) is 19.9. The van der Waals surface area contributed by atoms with E-state index < -0.39 is 21.3 Å². The van der Waals surface area contributed by atoms with E-state index >= 15 is 0 Å². The van der Waals surface area contributed by atoms with Crippen LogP contribution in [-0.4, -0.2) is 43.8 Å². The highest BCUT2D eigenvalue weighted by atomic mass is 32.2. The Morgan fingerprint density at radius 1 is 1.11 bits per heavy atom. The van der Waals surface area contributed by atoms with E-state index in [4.69, 9.17) is 4.74 Å². The van der Waals surface area contributed by atoms with Gasteiger partial charge in [0.15, 0.2) is 9.84 Å². The van der Waals surface area contributed by atoms with Gasteiger partial charge in [-0.25, -0.2) is 13.2 Å². The van der Waals surface area contributed by atoms with Crippen molar-refractivity contribution in [2.75, 3.05) is 12.9 Å². The predicted molar refractivity (Wildman–Crippen MR) is 100 cm³/mol. The molecule has 0 radical (unpaired) electrons. The van der Waals surface area contributed by atoms with Gasteiger partial charge in [-0.1, -0.05) is 25.7 Å². The average molecular weight is 397 g/mol. The summed E-state index contributed by atoms with van der Waals surface area (Å²) in [7, 11) is -3.24. The van der Waals surface area contributed by atoms with E-state index in [1.54, 1.807) is 12.1 Å². The lowest BCUT2D eigenvalue weighted by Crippen LogP contribution is -2.54. The topological polar surface area (TPSA) is 110 Å². The number of rotatable bonds is 8. The molecule has 1 aliphatic carbocycles. The molecule has 0 atom stereocenters. The van der Waals surface area contributed by atoms with Crippen molar-refractivity contribution in [3.8, 4) is 5.75 Å². The molecule has 1 aromatic carbocycles. The third-order valence-electron chi connectivity index (χ3n) is 4.81. The molecule has 0 aliphatic heterocycles. The second-order valence-electron chi connectivity index (χ2n) is 7.05. The van der Waals surface area contributed by atoms with E-state index in [-0.39, 0.29) is 23.8 Å². The van der Waals surface area contributed by atoms with Gasteiger partial charge < -0.3 is 15.2 Å². The first-order chi connectivity index (χ1) is 12.7.